The molecule has 0 saturated carbocycles. The van der Waals surface area contributed by atoms with Gasteiger partial charge in [-0.05, 0) is 25.1 Å². The van der Waals surface area contributed by atoms with Crippen molar-refractivity contribution in [3.8, 4) is 5.75 Å². The van der Waals surface area contributed by atoms with Crippen molar-refractivity contribution < 1.29 is 19.1 Å². The number of rotatable bonds is 4. The van der Waals surface area contributed by atoms with Gasteiger partial charge in [-0.2, -0.15) is 0 Å². The van der Waals surface area contributed by atoms with E-state index in [2.05, 4.69) is 0 Å². The maximum atomic E-state index is 12.7. The van der Waals surface area contributed by atoms with Crippen molar-refractivity contribution >= 4 is 22.8 Å². The zero-order chi connectivity index (χ0) is 17.1. The van der Waals surface area contributed by atoms with E-state index in [9.17, 15) is 9.59 Å². The van der Waals surface area contributed by atoms with Crippen LogP contribution < -0.4 is 4.74 Å². The summed E-state index contributed by atoms with van der Waals surface area (Å²) in [6.07, 6.45) is 0. The van der Waals surface area contributed by atoms with Crippen LogP contribution in [0.1, 0.15) is 20.8 Å². The average molecular weight is 323 g/mol. The minimum absolute atomic E-state index is 0.121. The molecule has 0 unspecified atom stereocenters. The van der Waals surface area contributed by atoms with Crippen molar-refractivity contribution in [3.05, 3.63) is 65.9 Å². The van der Waals surface area contributed by atoms with Crippen LogP contribution in [0.4, 0.5) is 0 Å². The molecule has 0 amide bonds. The van der Waals surface area contributed by atoms with Crippen molar-refractivity contribution in [2.75, 3.05) is 13.7 Å². The van der Waals surface area contributed by atoms with E-state index < -0.39 is 5.97 Å². The second-order valence-corrected chi connectivity index (χ2v) is 5.30. The third-order valence-electron chi connectivity index (χ3n) is 3.86. The Morgan fingerprint density at radius 2 is 1.67 bits per heavy atom. The number of methoxy groups -OCH3 is 1. The zero-order valence-electron chi connectivity index (χ0n) is 13.5. The molecule has 3 rings (SSSR count). The number of carbonyl (C=O) groups excluding carboxylic acids is 2. The minimum Gasteiger partial charge on any atom is -0.484 e. The van der Waals surface area contributed by atoms with Gasteiger partial charge in [0.2, 0.25) is 0 Å². The van der Waals surface area contributed by atoms with Gasteiger partial charge in [0.05, 0.1) is 18.2 Å². The monoisotopic (exact) mass is 323 g/mol. The summed E-state index contributed by atoms with van der Waals surface area (Å²) in [4.78, 5) is 24.7. The molecule has 0 atom stereocenters. The van der Waals surface area contributed by atoms with E-state index in [-0.39, 0.29) is 12.5 Å². The molecule has 0 spiro atoms. The SMILES string of the molecule is COC(=O)c1c(C)n(C(=O)COc2ccccc2)c2ccccc12. The molecule has 0 bridgehead atoms. The van der Waals surface area contributed by atoms with Gasteiger partial charge in [-0.15, -0.1) is 0 Å². The Morgan fingerprint density at radius 3 is 2.38 bits per heavy atom. The highest BCUT2D eigenvalue weighted by molar-refractivity contribution is 6.09. The first-order valence-electron chi connectivity index (χ1n) is 7.53. The smallest absolute Gasteiger partial charge is 0.340 e. The van der Waals surface area contributed by atoms with Gasteiger partial charge >= 0.3 is 5.97 Å². The van der Waals surface area contributed by atoms with Crippen LogP contribution in [0.5, 0.6) is 5.75 Å². The lowest BCUT2D eigenvalue weighted by molar-refractivity contribution is 0.0602. The highest BCUT2D eigenvalue weighted by Crippen LogP contribution is 2.26. The summed E-state index contributed by atoms with van der Waals surface area (Å²) in [7, 11) is 1.33. The van der Waals surface area contributed by atoms with Gasteiger partial charge in [-0.1, -0.05) is 36.4 Å². The summed E-state index contributed by atoms with van der Waals surface area (Å²) in [5, 5.41) is 0.690. The normalized spacial score (nSPS) is 10.6. The van der Waals surface area contributed by atoms with Crippen molar-refractivity contribution in [2.24, 2.45) is 0 Å². The number of nitrogens with zero attached hydrogens (tertiary/aromatic N) is 1. The van der Waals surface area contributed by atoms with E-state index >= 15 is 0 Å². The number of carbonyl (C=O) groups is 2. The molecule has 2 aromatic carbocycles. The highest BCUT2D eigenvalue weighted by Gasteiger charge is 2.23. The lowest BCUT2D eigenvalue weighted by Gasteiger charge is -2.09. The predicted octanol–water partition coefficient (Wildman–Crippen LogP) is 3.46. The Bertz CT molecular complexity index is 896. The molecular formula is C19H17NO4. The van der Waals surface area contributed by atoms with E-state index in [4.69, 9.17) is 9.47 Å². The van der Waals surface area contributed by atoms with Gasteiger partial charge in [-0.3, -0.25) is 9.36 Å². The van der Waals surface area contributed by atoms with Crippen LogP contribution in [-0.4, -0.2) is 30.2 Å². The number of hydrogen-bond donors (Lipinski definition) is 0. The Hall–Kier alpha value is -3.08. The molecule has 5 nitrogen and oxygen atoms in total. The summed E-state index contributed by atoms with van der Waals surface area (Å²) in [5.74, 6) is -0.0879. The van der Waals surface area contributed by atoms with Crippen molar-refractivity contribution in [1.82, 2.24) is 4.57 Å². The Kier molecular flexibility index (Phi) is 4.33. The Labute approximate surface area is 139 Å². The fraction of sp³-hybridized carbons (Fsp3) is 0.158. The first-order valence-corrected chi connectivity index (χ1v) is 7.53. The molecule has 0 aliphatic rings. The number of para-hydroxylation sites is 2. The van der Waals surface area contributed by atoms with Crippen molar-refractivity contribution in [1.29, 1.82) is 0 Å². The predicted molar refractivity (Wildman–Crippen MR) is 90.6 cm³/mol. The third-order valence-corrected chi connectivity index (χ3v) is 3.86. The summed E-state index contributed by atoms with van der Waals surface area (Å²) in [5.41, 5.74) is 1.61. The summed E-state index contributed by atoms with van der Waals surface area (Å²) < 4.78 is 11.9. The second-order valence-electron chi connectivity index (χ2n) is 5.30. The number of benzene rings is 2. The molecule has 0 saturated heterocycles. The van der Waals surface area contributed by atoms with Gasteiger partial charge in [0.1, 0.15) is 5.75 Å². The number of fused-ring (bicyclic) bond motifs is 1. The summed E-state index contributed by atoms with van der Waals surface area (Å²) in [6.45, 7) is 1.61. The van der Waals surface area contributed by atoms with Gasteiger partial charge < -0.3 is 9.47 Å². The van der Waals surface area contributed by atoms with Crippen LogP contribution >= 0.6 is 0 Å². The Balaban J connectivity index is 1.98. The van der Waals surface area contributed by atoms with Crippen LogP contribution in [0, 0.1) is 6.92 Å². The molecule has 24 heavy (non-hydrogen) atoms. The molecule has 122 valence electrons. The topological polar surface area (TPSA) is 57.5 Å². The number of hydrogen-bond acceptors (Lipinski definition) is 4. The first kappa shape index (κ1) is 15.8. The number of ether oxygens (including phenoxy) is 2. The maximum absolute atomic E-state index is 12.7. The fourth-order valence-electron chi connectivity index (χ4n) is 2.77. The average Bonchev–Trinajstić information content (AvgIpc) is 2.92. The van der Waals surface area contributed by atoms with Crippen LogP contribution in [0.25, 0.3) is 10.9 Å². The standard InChI is InChI=1S/C19H17NO4/c1-13-18(19(22)23-2)15-10-6-7-11-16(15)20(13)17(21)12-24-14-8-4-3-5-9-14/h3-11H,12H2,1-2H3. The number of esters is 1. The zero-order valence-corrected chi connectivity index (χ0v) is 13.5. The Morgan fingerprint density at radius 1 is 1.00 bits per heavy atom. The van der Waals surface area contributed by atoms with E-state index in [0.717, 1.165) is 0 Å². The van der Waals surface area contributed by atoms with Crippen LogP contribution in [0.2, 0.25) is 0 Å². The lowest BCUT2D eigenvalue weighted by atomic mass is 10.1. The molecule has 0 N–H and O–H groups in total. The fourth-order valence-corrected chi connectivity index (χ4v) is 2.77. The largest absolute Gasteiger partial charge is 0.484 e. The van der Waals surface area contributed by atoms with E-state index in [1.165, 1.54) is 11.7 Å². The highest BCUT2D eigenvalue weighted by atomic mass is 16.5. The molecule has 0 radical (unpaired) electrons. The number of aromatic nitrogens is 1. The third kappa shape index (κ3) is 2.76. The summed E-state index contributed by atoms with van der Waals surface area (Å²) in [6, 6.07) is 16.4. The molecule has 0 aliphatic heterocycles. The molecule has 3 aromatic rings. The summed E-state index contributed by atoms with van der Waals surface area (Å²) >= 11 is 0. The van der Waals surface area contributed by atoms with Crippen LogP contribution in [0.15, 0.2) is 54.6 Å². The minimum atomic E-state index is -0.459. The van der Waals surface area contributed by atoms with Crippen molar-refractivity contribution in [2.45, 2.75) is 6.92 Å². The maximum Gasteiger partial charge on any atom is 0.340 e. The second kappa shape index (κ2) is 6.58. The van der Waals surface area contributed by atoms with Crippen LogP contribution in [0.3, 0.4) is 0 Å². The van der Waals surface area contributed by atoms with E-state index in [0.29, 0.717) is 27.9 Å². The molecule has 0 aliphatic carbocycles. The van der Waals surface area contributed by atoms with Crippen molar-refractivity contribution in [3.63, 3.8) is 0 Å². The molecular weight excluding hydrogens is 306 g/mol. The van der Waals surface area contributed by atoms with Crippen LogP contribution in [-0.2, 0) is 4.74 Å². The molecule has 5 heteroatoms. The van der Waals surface area contributed by atoms with Gasteiger partial charge in [0.25, 0.3) is 5.91 Å². The quantitative estimate of drug-likeness (QED) is 0.690. The van der Waals surface area contributed by atoms with Gasteiger partial charge in [-0.25, -0.2) is 4.79 Å². The van der Waals surface area contributed by atoms with E-state index in [1.54, 1.807) is 31.2 Å². The lowest BCUT2D eigenvalue weighted by Crippen LogP contribution is -2.20. The van der Waals surface area contributed by atoms with Gasteiger partial charge in [0.15, 0.2) is 6.61 Å². The molecule has 1 aromatic heterocycles. The molecule has 1 heterocycles. The van der Waals surface area contributed by atoms with Gasteiger partial charge in [0, 0.05) is 11.1 Å². The molecule has 0 fully saturated rings. The van der Waals surface area contributed by atoms with E-state index in [1.807, 2.05) is 30.3 Å². The first-order chi connectivity index (χ1) is 11.6.